The number of ether oxygens (including phenoxy) is 1. The Morgan fingerprint density at radius 1 is 1.47 bits per heavy atom. The summed E-state index contributed by atoms with van der Waals surface area (Å²) in [6.07, 6.45) is 0. The Morgan fingerprint density at radius 3 is 3.00 bits per heavy atom. The van der Waals surface area contributed by atoms with Crippen LogP contribution in [-0.4, -0.2) is 24.1 Å². The van der Waals surface area contributed by atoms with Crippen LogP contribution in [0.4, 0.5) is 0 Å². The number of methoxy groups -OCH3 is 1. The number of benzene rings is 1. The molecule has 0 atom stereocenters. The molecule has 0 aliphatic heterocycles. The van der Waals surface area contributed by atoms with E-state index < -0.39 is 0 Å². The summed E-state index contributed by atoms with van der Waals surface area (Å²) in [6.45, 7) is 0.748. The van der Waals surface area contributed by atoms with Crippen LogP contribution in [0, 0.1) is 0 Å². The van der Waals surface area contributed by atoms with Crippen LogP contribution >= 0.6 is 15.9 Å². The molecule has 5 heteroatoms. The van der Waals surface area contributed by atoms with Gasteiger partial charge in [-0.3, -0.25) is 0 Å². The highest BCUT2D eigenvalue weighted by Gasteiger charge is 2.09. The van der Waals surface area contributed by atoms with Gasteiger partial charge >= 0.3 is 0 Å². The summed E-state index contributed by atoms with van der Waals surface area (Å²) in [5.74, 6) is 1.66. The molecule has 0 fully saturated rings. The van der Waals surface area contributed by atoms with Gasteiger partial charge in [0.05, 0.1) is 12.8 Å². The molecule has 1 aromatic carbocycles. The molecule has 4 nitrogen and oxygen atoms in total. The number of rotatable bonds is 4. The third-order valence-electron chi connectivity index (χ3n) is 2.43. The van der Waals surface area contributed by atoms with Crippen molar-refractivity contribution in [1.29, 1.82) is 0 Å². The highest BCUT2D eigenvalue weighted by atomic mass is 79.9. The van der Waals surface area contributed by atoms with Crippen molar-refractivity contribution < 1.29 is 4.74 Å². The van der Waals surface area contributed by atoms with Gasteiger partial charge < -0.3 is 15.0 Å². The zero-order valence-corrected chi connectivity index (χ0v) is 11.3. The predicted octanol–water partition coefficient (Wildman–Crippen LogP) is 2.57. The van der Waals surface area contributed by atoms with Crippen molar-refractivity contribution in [2.75, 3.05) is 14.2 Å². The Labute approximate surface area is 109 Å². The van der Waals surface area contributed by atoms with Crippen molar-refractivity contribution in [1.82, 2.24) is 15.3 Å². The van der Waals surface area contributed by atoms with E-state index in [9.17, 15) is 0 Å². The van der Waals surface area contributed by atoms with Gasteiger partial charge in [0.25, 0.3) is 0 Å². The van der Waals surface area contributed by atoms with Crippen molar-refractivity contribution in [3.05, 3.63) is 34.6 Å². The minimum Gasteiger partial charge on any atom is -0.497 e. The highest BCUT2D eigenvalue weighted by Crippen LogP contribution is 2.24. The first-order chi connectivity index (χ1) is 8.24. The number of nitrogens with one attached hydrogen (secondary N) is 2. The first-order valence-electron chi connectivity index (χ1n) is 5.28. The van der Waals surface area contributed by atoms with Gasteiger partial charge in [0.15, 0.2) is 0 Å². The molecule has 0 unspecified atom stereocenters. The van der Waals surface area contributed by atoms with Gasteiger partial charge in [-0.05, 0) is 35.1 Å². The fourth-order valence-corrected chi connectivity index (χ4v) is 2.01. The lowest BCUT2D eigenvalue weighted by molar-refractivity contribution is 0.415. The second kappa shape index (κ2) is 5.33. The van der Waals surface area contributed by atoms with Crippen LogP contribution in [0.15, 0.2) is 28.9 Å². The van der Waals surface area contributed by atoms with Crippen LogP contribution in [0.25, 0.3) is 11.4 Å². The molecule has 17 heavy (non-hydrogen) atoms. The summed E-state index contributed by atoms with van der Waals surface area (Å²) in [7, 11) is 3.56. The molecular weight excluding hydrogens is 282 g/mol. The quantitative estimate of drug-likeness (QED) is 0.911. The van der Waals surface area contributed by atoms with Crippen molar-refractivity contribution in [2.45, 2.75) is 6.54 Å². The van der Waals surface area contributed by atoms with Crippen molar-refractivity contribution >= 4 is 15.9 Å². The largest absolute Gasteiger partial charge is 0.497 e. The molecule has 2 N–H and O–H groups in total. The highest BCUT2D eigenvalue weighted by molar-refractivity contribution is 9.10. The molecule has 1 heterocycles. The van der Waals surface area contributed by atoms with Gasteiger partial charge in [-0.15, -0.1) is 0 Å². The van der Waals surface area contributed by atoms with E-state index in [0.717, 1.165) is 34.0 Å². The van der Waals surface area contributed by atoms with Gasteiger partial charge in [0, 0.05) is 12.1 Å². The van der Waals surface area contributed by atoms with Gasteiger partial charge in [0.2, 0.25) is 0 Å². The molecule has 0 aliphatic rings. The Balaban J connectivity index is 2.35. The molecule has 0 radical (unpaired) electrons. The zero-order valence-electron chi connectivity index (χ0n) is 9.75. The fraction of sp³-hybridized carbons (Fsp3) is 0.250. The minimum absolute atomic E-state index is 0.748. The fourth-order valence-electron chi connectivity index (χ4n) is 1.59. The molecule has 90 valence electrons. The monoisotopic (exact) mass is 295 g/mol. The van der Waals surface area contributed by atoms with E-state index in [1.54, 1.807) is 7.11 Å². The number of aromatic nitrogens is 2. The first kappa shape index (κ1) is 12.1. The second-order valence-electron chi connectivity index (χ2n) is 3.62. The van der Waals surface area contributed by atoms with Gasteiger partial charge in [0.1, 0.15) is 16.2 Å². The zero-order chi connectivity index (χ0) is 12.3. The number of hydrogen-bond donors (Lipinski definition) is 2. The molecule has 0 saturated carbocycles. The molecule has 2 rings (SSSR count). The van der Waals surface area contributed by atoms with Gasteiger partial charge in [-0.25, -0.2) is 4.98 Å². The number of imidazole rings is 1. The van der Waals surface area contributed by atoms with E-state index in [1.807, 2.05) is 31.3 Å². The van der Waals surface area contributed by atoms with Crippen molar-refractivity contribution in [3.63, 3.8) is 0 Å². The normalized spacial score (nSPS) is 10.5. The SMILES string of the molecule is CNCc1[nH]c(-c2cccc(OC)c2)nc1Br. The third kappa shape index (κ3) is 2.68. The summed E-state index contributed by atoms with van der Waals surface area (Å²) in [5, 5.41) is 3.09. The molecule has 0 aliphatic carbocycles. The van der Waals surface area contributed by atoms with E-state index in [1.165, 1.54) is 0 Å². The summed E-state index contributed by atoms with van der Waals surface area (Å²) in [6, 6.07) is 7.81. The Hall–Kier alpha value is -1.33. The van der Waals surface area contributed by atoms with Crippen molar-refractivity contribution in [3.8, 4) is 17.1 Å². The van der Waals surface area contributed by atoms with E-state index in [2.05, 4.69) is 31.2 Å². The van der Waals surface area contributed by atoms with Crippen molar-refractivity contribution in [2.24, 2.45) is 0 Å². The number of nitrogens with zero attached hydrogens (tertiary/aromatic N) is 1. The van der Waals surface area contributed by atoms with Crippen LogP contribution in [0.1, 0.15) is 5.69 Å². The smallest absolute Gasteiger partial charge is 0.139 e. The van der Waals surface area contributed by atoms with Crippen LogP contribution < -0.4 is 10.1 Å². The van der Waals surface area contributed by atoms with Gasteiger partial charge in [-0.2, -0.15) is 0 Å². The lowest BCUT2D eigenvalue weighted by Crippen LogP contribution is -2.05. The average Bonchev–Trinajstić information content (AvgIpc) is 2.72. The van der Waals surface area contributed by atoms with E-state index in [0.29, 0.717) is 0 Å². The molecule has 0 spiro atoms. The molecule has 0 bridgehead atoms. The second-order valence-corrected chi connectivity index (χ2v) is 4.37. The molecule has 0 saturated heterocycles. The third-order valence-corrected chi connectivity index (χ3v) is 3.08. The maximum atomic E-state index is 5.20. The summed E-state index contributed by atoms with van der Waals surface area (Å²) < 4.78 is 6.03. The standard InChI is InChI=1S/C12H14BrN3O/c1-14-7-10-11(13)16-12(15-10)8-4-3-5-9(6-8)17-2/h3-6,14H,7H2,1-2H3,(H,15,16). The lowest BCUT2D eigenvalue weighted by atomic mass is 10.2. The maximum absolute atomic E-state index is 5.20. The Morgan fingerprint density at radius 2 is 2.29 bits per heavy atom. The molecule has 0 amide bonds. The van der Waals surface area contributed by atoms with Gasteiger partial charge in [-0.1, -0.05) is 12.1 Å². The van der Waals surface area contributed by atoms with Crippen LogP contribution in [0.5, 0.6) is 5.75 Å². The van der Waals surface area contributed by atoms with E-state index >= 15 is 0 Å². The van der Waals surface area contributed by atoms with E-state index in [-0.39, 0.29) is 0 Å². The van der Waals surface area contributed by atoms with Crippen LogP contribution in [0.2, 0.25) is 0 Å². The Bertz CT molecular complexity index is 510. The molecule has 2 aromatic rings. The number of H-pyrrole nitrogens is 1. The summed E-state index contributed by atoms with van der Waals surface area (Å²) >= 11 is 3.44. The Kier molecular flexibility index (Phi) is 3.81. The minimum atomic E-state index is 0.748. The van der Waals surface area contributed by atoms with E-state index in [4.69, 9.17) is 4.74 Å². The first-order valence-corrected chi connectivity index (χ1v) is 6.07. The number of halogens is 1. The van der Waals surface area contributed by atoms with Crippen LogP contribution in [0.3, 0.4) is 0 Å². The summed E-state index contributed by atoms with van der Waals surface area (Å²) in [4.78, 5) is 7.71. The lowest BCUT2D eigenvalue weighted by Gasteiger charge is -2.01. The van der Waals surface area contributed by atoms with Crippen LogP contribution in [-0.2, 0) is 6.54 Å². The number of aromatic amines is 1. The summed E-state index contributed by atoms with van der Waals surface area (Å²) in [5.41, 5.74) is 2.04. The number of hydrogen-bond acceptors (Lipinski definition) is 3. The maximum Gasteiger partial charge on any atom is 0.139 e. The topological polar surface area (TPSA) is 49.9 Å². The predicted molar refractivity (Wildman–Crippen MR) is 71.0 cm³/mol. The molecular formula is C12H14BrN3O. The average molecular weight is 296 g/mol. The molecule has 1 aromatic heterocycles.